The zero-order valence-corrected chi connectivity index (χ0v) is 22.6. The van der Waals surface area contributed by atoms with Crippen LogP contribution in [0.15, 0.2) is 47.4 Å². The second kappa shape index (κ2) is 10.8. The van der Waals surface area contributed by atoms with Gasteiger partial charge >= 0.3 is 0 Å². The van der Waals surface area contributed by atoms with Gasteiger partial charge in [-0.3, -0.25) is 9.69 Å². The predicted molar refractivity (Wildman–Crippen MR) is 144 cm³/mol. The van der Waals surface area contributed by atoms with E-state index in [1.807, 2.05) is 19.1 Å². The molecule has 2 atom stereocenters. The van der Waals surface area contributed by atoms with Crippen molar-refractivity contribution in [1.82, 2.24) is 9.29 Å². The van der Waals surface area contributed by atoms with Crippen molar-refractivity contribution in [2.75, 3.05) is 24.6 Å². The number of sulfonamides is 1. The van der Waals surface area contributed by atoms with Gasteiger partial charge in [-0.05, 0) is 68.5 Å². The lowest BCUT2D eigenvalue weighted by Crippen LogP contribution is -2.43. The number of nitrogens with zero attached hydrogens (tertiary/aromatic N) is 3. The Balaban J connectivity index is 1.44. The first-order chi connectivity index (χ1) is 17.4. The quantitative estimate of drug-likeness (QED) is 0.377. The molecule has 36 heavy (non-hydrogen) atoms. The molecule has 2 aromatic carbocycles. The molecule has 5 rings (SSSR count). The lowest BCUT2D eigenvalue weighted by Gasteiger charge is -2.34. The van der Waals surface area contributed by atoms with Crippen molar-refractivity contribution in [1.29, 1.82) is 0 Å². The fourth-order valence-electron chi connectivity index (χ4n) is 5.02. The van der Waals surface area contributed by atoms with E-state index < -0.39 is 10.0 Å². The van der Waals surface area contributed by atoms with Crippen LogP contribution in [-0.4, -0.2) is 55.5 Å². The van der Waals surface area contributed by atoms with Gasteiger partial charge in [0.2, 0.25) is 10.0 Å². The number of thiazole rings is 1. The van der Waals surface area contributed by atoms with E-state index in [0.29, 0.717) is 40.9 Å². The minimum atomic E-state index is -3.62. The highest BCUT2D eigenvalue weighted by atomic mass is 35.5. The number of piperidine rings is 1. The van der Waals surface area contributed by atoms with E-state index in [9.17, 15) is 13.2 Å². The fourth-order valence-corrected chi connectivity index (χ4v) is 8.06. The van der Waals surface area contributed by atoms with Crippen molar-refractivity contribution in [2.24, 2.45) is 0 Å². The topological polar surface area (TPSA) is 79.8 Å². The molecule has 2 aliphatic heterocycles. The molecule has 2 unspecified atom stereocenters. The number of hydrogen-bond acceptors (Lipinski definition) is 6. The van der Waals surface area contributed by atoms with Crippen LogP contribution in [-0.2, 0) is 14.8 Å². The van der Waals surface area contributed by atoms with Crippen molar-refractivity contribution in [3.05, 3.63) is 53.1 Å². The van der Waals surface area contributed by atoms with Gasteiger partial charge in [-0.25, -0.2) is 13.4 Å². The van der Waals surface area contributed by atoms with Crippen molar-refractivity contribution >= 4 is 54.2 Å². The van der Waals surface area contributed by atoms with E-state index in [1.54, 1.807) is 39.5 Å². The van der Waals surface area contributed by atoms with Gasteiger partial charge in [0, 0.05) is 24.8 Å². The summed E-state index contributed by atoms with van der Waals surface area (Å²) in [5.74, 6) is -0.242. The number of rotatable bonds is 7. The number of carbonyl (C=O) groups excluding carboxylic acids is 1. The van der Waals surface area contributed by atoms with E-state index in [1.165, 1.54) is 11.3 Å². The molecule has 0 aliphatic carbocycles. The van der Waals surface area contributed by atoms with E-state index in [2.05, 4.69) is 4.98 Å². The molecule has 2 fully saturated rings. The van der Waals surface area contributed by atoms with Crippen LogP contribution in [0.2, 0.25) is 5.02 Å². The van der Waals surface area contributed by atoms with E-state index >= 15 is 0 Å². The molecule has 0 saturated carbocycles. The van der Waals surface area contributed by atoms with Crippen LogP contribution in [0.1, 0.15) is 55.8 Å². The summed E-state index contributed by atoms with van der Waals surface area (Å²) < 4.78 is 35.0. The average molecular weight is 548 g/mol. The smallest absolute Gasteiger partial charge is 0.260 e. The van der Waals surface area contributed by atoms with Gasteiger partial charge in [0.25, 0.3) is 5.91 Å². The summed E-state index contributed by atoms with van der Waals surface area (Å²) in [6.07, 6.45) is 5.37. The summed E-state index contributed by atoms with van der Waals surface area (Å²) in [6.45, 7) is 3.62. The number of anilines is 1. The third-order valence-corrected chi connectivity index (χ3v) is 10.3. The van der Waals surface area contributed by atoms with Crippen LogP contribution in [0.3, 0.4) is 0 Å². The molecule has 0 spiro atoms. The zero-order chi connectivity index (χ0) is 25.3. The maximum Gasteiger partial charge on any atom is 0.260 e. The highest BCUT2D eigenvalue weighted by Gasteiger charge is 2.33. The second-order valence-corrected chi connectivity index (χ2v) is 12.6. The molecule has 192 valence electrons. The van der Waals surface area contributed by atoms with Gasteiger partial charge in [0.1, 0.15) is 5.52 Å². The third-order valence-electron chi connectivity index (χ3n) is 7.00. The van der Waals surface area contributed by atoms with Crippen molar-refractivity contribution in [3.8, 4) is 0 Å². The summed E-state index contributed by atoms with van der Waals surface area (Å²) in [4.78, 5) is 20.2. The van der Waals surface area contributed by atoms with Crippen LogP contribution in [0, 0.1) is 0 Å². The Labute approximate surface area is 221 Å². The molecular weight excluding hydrogens is 518 g/mol. The van der Waals surface area contributed by atoms with Gasteiger partial charge < -0.3 is 4.74 Å². The Hall–Kier alpha value is -2.04. The van der Waals surface area contributed by atoms with E-state index in [4.69, 9.17) is 16.3 Å². The number of aromatic nitrogens is 1. The second-order valence-electron chi connectivity index (χ2n) is 9.33. The van der Waals surface area contributed by atoms with Gasteiger partial charge in [-0.15, -0.1) is 0 Å². The molecule has 7 nitrogen and oxygen atoms in total. The van der Waals surface area contributed by atoms with Crippen LogP contribution >= 0.6 is 22.9 Å². The fraction of sp³-hybridized carbons (Fsp3) is 0.462. The van der Waals surface area contributed by atoms with Gasteiger partial charge in [-0.2, -0.15) is 4.31 Å². The van der Waals surface area contributed by atoms with Gasteiger partial charge in [0.15, 0.2) is 5.13 Å². The Morgan fingerprint density at radius 1 is 1.17 bits per heavy atom. The molecule has 0 N–H and O–H groups in total. The van der Waals surface area contributed by atoms with Crippen LogP contribution in [0.25, 0.3) is 10.2 Å². The Morgan fingerprint density at radius 3 is 2.67 bits per heavy atom. The minimum Gasteiger partial charge on any atom is -0.376 e. The van der Waals surface area contributed by atoms with Crippen LogP contribution in [0.4, 0.5) is 5.13 Å². The zero-order valence-electron chi connectivity index (χ0n) is 20.2. The standard InChI is InChI=1S/C26H30ClN3O4S2/c1-2-19-7-3-4-15-30(19)36(32,33)21-13-11-18(12-14-21)25(31)29(17-20-8-6-16-34-20)26-28-24-22(27)9-5-10-23(24)35-26/h5,9-14,19-20H,2-4,6-8,15-17H2,1H3. The summed E-state index contributed by atoms with van der Waals surface area (Å²) in [6, 6.07) is 11.9. The molecule has 2 saturated heterocycles. The first-order valence-electron chi connectivity index (χ1n) is 12.5. The predicted octanol–water partition coefficient (Wildman–Crippen LogP) is 5.73. The molecule has 3 aromatic rings. The maximum atomic E-state index is 13.7. The number of hydrogen-bond donors (Lipinski definition) is 0. The summed E-state index contributed by atoms with van der Waals surface area (Å²) in [5.41, 5.74) is 1.07. The van der Waals surface area contributed by atoms with E-state index in [0.717, 1.165) is 43.2 Å². The number of ether oxygens (including phenoxy) is 1. The number of amides is 1. The van der Waals surface area contributed by atoms with Crippen LogP contribution < -0.4 is 4.90 Å². The van der Waals surface area contributed by atoms with Crippen molar-refractivity contribution < 1.29 is 17.9 Å². The first-order valence-corrected chi connectivity index (χ1v) is 15.1. The Bertz CT molecular complexity index is 1340. The number of fused-ring (bicyclic) bond motifs is 1. The van der Waals surface area contributed by atoms with Crippen molar-refractivity contribution in [3.63, 3.8) is 0 Å². The molecular formula is C26H30ClN3O4S2. The largest absolute Gasteiger partial charge is 0.376 e. The molecule has 1 aromatic heterocycles. The SMILES string of the molecule is CCC1CCCCN1S(=O)(=O)c1ccc(C(=O)N(CC2CCCO2)c2nc3c(Cl)cccc3s2)cc1. The van der Waals surface area contributed by atoms with E-state index in [-0.39, 0.29) is 22.9 Å². The monoisotopic (exact) mass is 547 g/mol. The molecule has 0 radical (unpaired) electrons. The molecule has 0 bridgehead atoms. The molecule has 2 aliphatic rings. The summed E-state index contributed by atoms with van der Waals surface area (Å²) >= 11 is 7.75. The minimum absolute atomic E-state index is 0.0258. The van der Waals surface area contributed by atoms with Crippen molar-refractivity contribution in [2.45, 2.75) is 62.5 Å². The average Bonchev–Trinajstić information content (AvgIpc) is 3.57. The Morgan fingerprint density at radius 2 is 1.97 bits per heavy atom. The van der Waals surface area contributed by atoms with Gasteiger partial charge in [0.05, 0.1) is 27.3 Å². The molecule has 1 amide bonds. The number of para-hydroxylation sites is 1. The number of benzene rings is 2. The highest BCUT2D eigenvalue weighted by molar-refractivity contribution is 7.89. The summed E-state index contributed by atoms with van der Waals surface area (Å²) in [5, 5.41) is 1.09. The molecule has 10 heteroatoms. The Kier molecular flexibility index (Phi) is 7.65. The number of carbonyl (C=O) groups is 1. The van der Waals surface area contributed by atoms with Crippen LogP contribution in [0.5, 0.6) is 0 Å². The molecule has 3 heterocycles. The first kappa shape index (κ1) is 25.6. The normalized spacial score (nSPS) is 21.2. The highest BCUT2D eigenvalue weighted by Crippen LogP contribution is 2.34. The lowest BCUT2D eigenvalue weighted by molar-refractivity contribution is 0.0917. The third kappa shape index (κ3) is 5.04. The van der Waals surface area contributed by atoms with Gasteiger partial charge in [-0.1, -0.05) is 42.3 Å². The number of halogens is 1. The lowest BCUT2D eigenvalue weighted by atomic mass is 10.0. The maximum absolute atomic E-state index is 13.7. The summed E-state index contributed by atoms with van der Waals surface area (Å²) in [7, 11) is -3.62.